The van der Waals surface area contributed by atoms with E-state index in [1.54, 1.807) is 11.3 Å². The lowest BCUT2D eigenvalue weighted by atomic mass is 10.1. The second kappa shape index (κ2) is 7.95. The third-order valence-electron chi connectivity index (χ3n) is 4.38. The van der Waals surface area contributed by atoms with Crippen LogP contribution < -0.4 is 5.32 Å². The summed E-state index contributed by atoms with van der Waals surface area (Å²) in [6, 6.07) is 2.62. The molecule has 0 aliphatic carbocycles. The van der Waals surface area contributed by atoms with E-state index in [-0.39, 0.29) is 5.91 Å². The van der Waals surface area contributed by atoms with E-state index >= 15 is 0 Å². The van der Waals surface area contributed by atoms with Crippen LogP contribution in [0.5, 0.6) is 0 Å². The predicted octanol–water partition coefficient (Wildman–Crippen LogP) is 3.48. The van der Waals surface area contributed by atoms with Crippen molar-refractivity contribution in [2.45, 2.75) is 58.9 Å². The zero-order valence-electron chi connectivity index (χ0n) is 13.6. The molecule has 4 heteroatoms. The quantitative estimate of drug-likeness (QED) is 0.836. The summed E-state index contributed by atoms with van der Waals surface area (Å²) in [5.74, 6) is 0.111. The average Bonchev–Trinajstić information content (AvgIpc) is 3.11. The molecule has 1 aliphatic rings. The summed E-state index contributed by atoms with van der Waals surface area (Å²) in [5, 5.41) is 3.14. The average molecular weight is 308 g/mol. The largest absolute Gasteiger partial charge is 0.350 e. The summed E-state index contributed by atoms with van der Waals surface area (Å²) in [5.41, 5.74) is 1.35. The Labute approximate surface area is 132 Å². The van der Waals surface area contributed by atoms with Gasteiger partial charge in [-0.15, -0.1) is 11.3 Å². The van der Waals surface area contributed by atoms with Crippen LogP contribution in [-0.4, -0.2) is 36.5 Å². The van der Waals surface area contributed by atoms with Crippen molar-refractivity contribution in [2.75, 3.05) is 19.6 Å². The van der Waals surface area contributed by atoms with E-state index in [4.69, 9.17) is 0 Å². The SMILES string of the molecule is CCCc1sc(C(=O)NCC2CCCN2CC)cc1CC. The number of likely N-dealkylation sites (tertiary alicyclic amines) is 1. The summed E-state index contributed by atoms with van der Waals surface area (Å²) in [6.07, 6.45) is 5.72. The van der Waals surface area contributed by atoms with Gasteiger partial charge in [-0.2, -0.15) is 0 Å². The summed E-state index contributed by atoms with van der Waals surface area (Å²) in [4.78, 5) is 17.1. The minimum absolute atomic E-state index is 0.111. The topological polar surface area (TPSA) is 32.3 Å². The number of rotatable bonds is 7. The molecule has 1 amide bonds. The van der Waals surface area contributed by atoms with Gasteiger partial charge in [-0.25, -0.2) is 0 Å². The van der Waals surface area contributed by atoms with Gasteiger partial charge in [0.25, 0.3) is 5.91 Å². The number of hydrogen-bond acceptors (Lipinski definition) is 3. The number of nitrogens with one attached hydrogen (secondary N) is 1. The standard InChI is InChI=1S/C17H28N2OS/c1-4-8-15-13(5-2)11-16(21-15)17(20)18-12-14-9-7-10-19(14)6-3/h11,14H,4-10,12H2,1-3H3,(H,18,20). The molecular formula is C17H28N2OS. The smallest absolute Gasteiger partial charge is 0.261 e. The van der Waals surface area contributed by atoms with Crippen molar-refractivity contribution in [3.8, 4) is 0 Å². The first kappa shape index (κ1) is 16.5. The van der Waals surface area contributed by atoms with Gasteiger partial charge in [0.2, 0.25) is 0 Å². The van der Waals surface area contributed by atoms with Crippen LogP contribution in [0.3, 0.4) is 0 Å². The Bertz CT molecular complexity index is 469. The first-order valence-electron chi connectivity index (χ1n) is 8.33. The Morgan fingerprint density at radius 3 is 2.90 bits per heavy atom. The molecule has 118 valence electrons. The van der Waals surface area contributed by atoms with Crippen molar-refractivity contribution in [1.29, 1.82) is 0 Å². The van der Waals surface area contributed by atoms with Gasteiger partial charge in [0.1, 0.15) is 0 Å². The van der Waals surface area contributed by atoms with Crippen molar-refractivity contribution in [3.63, 3.8) is 0 Å². The van der Waals surface area contributed by atoms with Crippen molar-refractivity contribution >= 4 is 17.2 Å². The Hall–Kier alpha value is -0.870. The molecule has 1 aromatic heterocycles. The van der Waals surface area contributed by atoms with E-state index in [0.717, 1.165) is 37.2 Å². The highest BCUT2D eigenvalue weighted by molar-refractivity contribution is 7.14. The molecule has 1 unspecified atom stereocenters. The zero-order chi connectivity index (χ0) is 15.2. The molecule has 1 fully saturated rings. The van der Waals surface area contributed by atoms with Gasteiger partial charge >= 0.3 is 0 Å². The highest BCUT2D eigenvalue weighted by atomic mass is 32.1. The van der Waals surface area contributed by atoms with Crippen molar-refractivity contribution in [3.05, 3.63) is 21.4 Å². The molecule has 2 heterocycles. The lowest BCUT2D eigenvalue weighted by Gasteiger charge is -2.22. The number of aryl methyl sites for hydroxylation is 2. The first-order chi connectivity index (χ1) is 10.2. The van der Waals surface area contributed by atoms with Gasteiger partial charge in [-0.1, -0.05) is 27.2 Å². The normalized spacial score (nSPS) is 19.1. The Balaban J connectivity index is 1.94. The number of carbonyl (C=O) groups excluding carboxylic acids is 1. The van der Waals surface area contributed by atoms with Gasteiger partial charge in [0, 0.05) is 17.5 Å². The fraction of sp³-hybridized carbons (Fsp3) is 0.706. The molecule has 0 saturated carbocycles. The van der Waals surface area contributed by atoms with Crippen LogP contribution >= 0.6 is 11.3 Å². The van der Waals surface area contributed by atoms with Crippen LogP contribution in [0.1, 0.15) is 60.1 Å². The number of thiophene rings is 1. The van der Waals surface area contributed by atoms with E-state index < -0.39 is 0 Å². The van der Waals surface area contributed by atoms with Crippen molar-refractivity contribution < 1.29 is 4.79 Å². The molecule has 1 atom stereocenters. The number of amides is 1. The van der Waals surface area contributed by atoms with E-state index in [1.165, 1.54) is 29.8 Å². The molecule has 3 nitrogen and oxygen atoms in total. The lowest BCUT2D eigenvalue weighted by molar-refractivity contribution is 0.0945. The second-order valence-corrected chi connectivity index (χ2v) is 6.93. The summed E-state index contributed by atoms with van der Waals surface area (Å²) >= 11 is 1.68. The molecule has 0 bridgehead atoms. The van der Waals surface area contributed by atoms with Crippen LogP contribution in [0.4, 0.5) is 0 Å². The molecule has 2 rings (SSSR count). The van der Waals surface area contributed by atoms with E-state index in [9.17, 15) is 4.79 Å². The third-order valence-corrected chi connectivity index (χ3v) is 5.62. The highest BCUT2D eigenvalue weighted by Gasteiger charge is 2.23. The monoisotopic (exact) mass is 308 g/mol. The zero-order valence-corrected chi connectivity index (χ0v) is 14.4. The van der Waals surface area contributed by atoms with E-state index in [1.807, 2.05) is 0 Å². The number of hydrogen-bond donors (Lipinski definition) is 1. The van der Waals surface area contributed by atoms with Gasteiger partial charge in [0.05, 0.1) is 4.88 Å². The Morgan fingerprint density at radius 2 is 2.24 bits per heavy atom. The second-order valence-electron chi connectivity index (χ2n) is 5.80. The summed E-state index contributed by atoms with van der Waals surface area (Å²) < 4.78 is 0. The van der Waals surface area contributed by atoms with Crippen molar-refractivity contribution in [2.24, 2.45) is 0 Å². The van der Waals surface area contributed by atoms with E-state index in [2.05, 4.69) is 37.1 Å². The molecule has 21 heavy (non-hydrogen) atoms. The summed E-state index contributed by atoms with van der Waals surface area (Å²) in [6.45, 7) is 9.61. The van der Waals surface area contributed by atoms with Gasteiger partial charge in [-0.3, -0.25) is 9.69 Å². The fourth-order valence-electron chi connectivity index (χ4n) is 3.16. The fourth-order valence-corrected chi connectivity index (χ4v) is 4.43. The molecule has 0 aromatic carbocycles. The maximum atomic E-state index is 12.4. The van der Waals surface area contributed by atoms with Crippen LogP contribution in [0.25, 0.3) is 0 Å². The molecule has 0 radical (unpaired) electrons. The maximum absolute atomic E-state index is 12.4. The van der Waals surface area contributed by atoms with Crippen LogP contribution in [-0.2, 0) is 12.8 Å². The van der Waals surface area contributed by atoms with Crippen molar-refractivity contribution in [1.82, 2.24) is 10.2 Å². The van der Waals surface area contributed by atoms with Crippen LogP contribution in [0.2, 0.25) is 0 Å². The molecule has 1 aliphatic heterocycles. The minimum atomic E-state index is 0.111. The third kappa shape index (κ3) is 4.07. The number of nitrogens with zero attached hydrogens (tertiary/aromatic N) is 1. The van der Waals surface area contributed by atoms with Crippen LogP contribution in [0, 0.1) is 0 Å². The molecule has 1 N–H and O–H groups in total. The Morgan fingerprint density at radius 1 is 1.43 bits per heavy atom. The minimum Gasteiger partial charge on any atom is -0.350 e. The van der Waals surface area contributed by atoms with Gasteiger partial charge in [-0.05, 0) is 50.4 Å². The molecule has 0 spiro atoms. The Kier molecular flexibility index (Phi) is 6.24. The highest BCUT2D eigenvalue weighted by Crippen LogP contribution is 2.24. The molecular weight excluding hydrogens is 280 g/mol. The van der Waals surface area contributed by atoms with Crippen LogP contribution in [0.15, 0.2) is 6.07 Å². The van der Waals surface area contributed by atoms with Gasteiger partial charge in [0.15, 0.2) is 0 Å². The summed E-state index contributed by atoms with van der Waals surface area (Å²) in [7, 11) is 0. The van der Waals surface area contributed by atoms with Gasteiger partial charge < -0.3 is 5.32 Å². The first-order valence-corrected chi connectivity index (χ1v) is 9.15. The number of likely N-dealkylation sites (N-methyl/N-ethyl adjacent to an activating group) is 1. The molecule has 1 saturated heterocycles. The van der Waals surface area contributed by atoms with E-state index in [0.29, 0.717) is 6.04 Å². The number of carbonyl (C=O) groups is 1. The lowest BCUT2D eigenvalue weighted by Crippen LogP contribution is -2.39. The predicted molar refractivity (Wildman–Crippen MR) is 90.3 cm³/mol. The maximum Gasteiger partial charge on any atom is 0.261 e. The molecule has 1 aromatic rings.